The van der Waals surface area contributed by atoms with Crippen molar-refractivity contribution in [1.29, 1.82) is 0 Å². The number of hydrogen-bond donors (Lipinski definition) is 1. The summed E-state index contributed by atoms with van der Waals surface area (Å²) in [5, 5.41) is 9.45. The summed E-state index contributed by atoms with van der Waals surface area (Å²) in [6.07, 6.45) is 3.77. The van der Waals surface area contributed by atoms with Crippen molar-refractivity contribution in [3.63, 3.8) is 0 Å². The normalized spacial score (nSPS) is 21.7. The predicted octanol–water partition coefficient (Wildman–Crippen LogP) is 4.10. The Labute approximate surface area is 184 Å². The number of nitrogens with zero attached hydrogens (tertiary/aromatic N) is 1. The second-order valence-electron chi connectivity index (χ2n) is 8.48. The highest BCUT2D eigenvalue weighted by atomic mass is 16.7. The molecule has 3 atom stereocenters. The molecule has 4 rings (SSSR count). The van der Waals surface area contributed by atoms with Crippen LogP contribution in [-0.4, -0.2) is 49.5 Å². The molecule has 1 aliphatic heterocycles. The molecule has 0 aromatic heterocycles. The second kappa shape index (κ2) is 9.25. The zero-order chi connectivity index (χ0) is 22.0. The Morgan fingerprint density at radius 3 is 2.68 bits per heavy atom. The van der Waals surface area contributed by atoms with Crippen molar-refractivity contribution in [1.82, 2.24) is 4.90 Å². The summed E-state index contributed by atoms with van der Waals surface area (Å²) in [6.45, 7) is 2.55. The van der Waals surface area contributed by atoms with Crippen molar-refractivity contribution in [2.45, 2.75) is 38.4 Å². The van der Waals surface area contributed by atoms with Gasteiger partial charge in [0.2, 0.25) is 6.29 Å². The lowest BCUT2D eigenvalue weighted by molar-refractivity contribution is -0.169. The number of hydrogen-bond acceptors (Lipinski definition) is 4. The largest absolute Gasteiger partial charge is 0.459 e. The molecule has 0 fully saturated rings. The van der Waals surface area contributed by atoms with Gasteiger partial charge < -0.3 is 19.5 Å². The Hall–Kier alpha value is -2.63. The highest BCUT2D eigenvalue weighted by Crippen LogP contribution is 2.43. The van der Waals surface area contributed by atoms with Gasteiger partial charge in [0.25, 0.3) is 5.91 Å². The van der Waals surface area contributed by atoms with E-state index in [4.69, 9.17) is 9.47 Å². The molecule has 1 aliphatic carbocycles. The first-order chi connectivity index (χ1) is 15.0. The summed E-state index contributed by atoms with van der Waals surface area (Å²) in [7, 11) is 3.45. The molecular formula is C26H31NO4. The van der Waals surface area contributed by atoms with Crippen molar-refractivity contribution in [3.8, 4) is 11.1 Å². The molecule has 5 heteroatoms. The molecule has 0 unspecified atom stereocenters. The Balaban J connectivity index is 1.74. The van der Waals surface area contributed by atoms with Crippen molar-refractivity contribution in [2.24, 2.45) is 5.92 Å². The van der Waals surface area contributed by atoms with Crippen molar-refractivity contribution < 1.29 is 19.4 Å². The smallest absolute Gasteiger partial charge is 0.288 e. The summed E-state index contributed by atoms with van der Waals surface area (Å²) in [4.78, 5) is 14.2. The molecule has 0 bridgehead atoms. The second-order valence-corrected chi connectivity index (χ2v) is 8.48. The fraction of sp³-hybridized carbons (Fsp3) is 0.423. The van der Waals surface area contributed by atoms with Crippen LogP contribution in [0.5, 0.6) is 0 Å². The van der Waals surface area contributed by atoms with Gasteiger partial charge in [0.15, 0.2) is 5.76 Å². The molecule has 31 heavy (non-hydrogen) atoms. The standard InChI is InChI=1S/C26H31NO4/c1-4-30-26-22(10-7-13-28)23(16-24(31-26)25(29)27(2)3)18-11-12-21-19(15-18)14-17-8-5-6-9-20(17)21/h5-6,8-9,11-12,15-16,22-23,26,28H,4,7,10,13-14H2,1-3H3/t22-,23-,26-/m0/s1. The molecule has 164 valence electrons. The molecule has 5 nitrogen and oxygen atoms in total. The van der Waals surface area contributed by atoms with Crippen LogP contribution >= 0.6 is 0 Å². The van der Waals surface area contributed by atoms with E-state index in [0.717, 1.165) is 18.4 Å². The lowest BCUT2D eigenvalue weighted by Crippen LogP contribution is -2.38. The van der Waals surface area contributed by atoms with Gasteiger partial charge in [0.1, 0.15) is 0 Å². The average Bonchev–Trinajstić information content (AvgIpc) is 3.15. The number of rotatable bonds is 7. The number of likely N-dealkylation sites (N-methyl/N-ethyl adjacent to an activating group) is 1. The maximum atomic E-state index is 12.7. The molecule has 2 aliphatic rings. The summed E-state index contributed by atoms with van der Waals surface area (Å²) in [6, 6.07) is 15.2. The molecule has 2 aromatic rings. The van der Waals surface area contributed by atoms with Crippen molar-refractivity contribution in [3.05, 3.63) is 71.0 Å². The third-order valence-corrected chi connectivity index (χ3v) is 6.23. The average molecular weight is 422 g/mol. The van der Waals surface area contributed by atoms with Gasteiger partial charge in [-0.15, -0.1) is 0 Å². The molecule has 0 spiro atoms. The third-order valence-electron chi connectivity index (χ3n) is 6.23. The number of ether oxygens (including phenoxy) is 2. The first-order valence-electron chi connectivity index (χ1n) is 11.1. The molecule has 0 saturated heterocycles. The van der Waals surface area contributed by atoms with Gasteiger partial charge in [-0.2, -0.15) is 0 Å². The predicted molar refractivity (Wildman–Crippen MR) is 121 cm³/mol. The fourth-order valence-corrected chi connectivity index (χ4v) is 4.73. The monoisotopic (exact) mass is 421 g/mol. The van der Waals surface area contributed by atoms with Gasteiger partial charge in [-0.25, -0.2) is 0 Å². The molecule has 2 aromatic carbocycles. The number of allylic oxidation sites excluding steroid dienone is 1. The van der Waals surface area contributed by atoms with Gasteiger partial charge in [0.05, 0.1) is 0 Å². The Bertz CT molecular complexity index is 981. The van der Waals surface area contributed by atoms with Gasteiger partial charge in [-0.3, -0.25) is 4.79 Å². The van der Waals surface area contributed by atoms with E-state index in [0.29, 0.717) is 18.8 Å². The van der Waals surface area contributed by atoms with Crippen molar-refractivity contribution >= 4 is 5.91 Å². The van der Waals surface area contributed by atoms with Crippen molar-refractivity contribution in [2.75, 3.05) is 27.3 Å². The molecular weight excluding hydrogens is 390 g/mol. The van der Waals surface area contributed by atoms with E-state index >= 15 is 0 Å². The Kier molecular flexibility index (Phi) is 6.44. The van der Waals surface area contributed by atoms with Crippen LogP contribution in [0.15, 0.2) is 54.3 Å². The van der Waals surface area contributed by atoms with E-state index in [9.17, 15) is 9.90 Å². The summed E-state index contributed by atoms with van der Waals surface area (Å²) < 4.78 is 12.0. The van der Waals surface area contributed by atoms with E-state index in [-0.39, 0.29) is 24.3 Å². The van der Waals surface area contributed by atoms with Crippen LogP contribution in [-0.2, 0) is 20.7 Å². The number of carbonyl (C=O) groups excluding carboxylic acids is 1. The first kappa shape index (κ1) is 21.6. The minimum absolute atomic E-state index is 0.0210. The molecule has 0 radical (unpaired) electrons. The highest BCUT2D eigenvalue weighted by Gasteiger charge is 2.38. The van der Waals surface area contributed by atoms with Gasteiger partial charge in [0, 0.05) is 39.1 Å². The highest BCUT2D eigenvalue weighted by molar-refractivity contribution is 5.91. The molecule has 0 saturated carbocycles. The van der Waals surface area contributed by atoms with Gasteiger partial charge in [-0.05, 0) is 60.1 Å². The number of benzene rings is 2. The minimum atomic E-state index is -0.518. The summed E-state index contributed by atoms with van der Waals surface area (Å²) >= 11 is 0. The van der Waals surface area contributed by atoms with Crippen LogP contribution in [0.2, 0.25) is 0 Å². The molecule has 1 amide bonds. The van der Waals surface area contributed by atoms with E-state index in [1.165, 1.54) is 27.2 Å². The number of aliphatic hydroxyl groups excluding tert-OH is 1. The van der Waals surface area contributed by atoms with Crippen LogP contribution in [0.4, 0.5) is 0 Å². The maximum Gasteiger partial charge on any atom is 0.288 e. The maximum absolute atomic E-state index is 12.7. The number of amides is 1. The third kappa shape index (κ3) is 4.25. The van der Waals surface area contributed by atoms with Crippen LogP contribution in [0.1, 0.15) is 42.4 Å². The van der Waals surface area contributed by atoms with Crippen LogP contribution in [0, 0.1) is 5.92 Å². The number of carbonyl (C=O) groups is 1. The Morgan fingerprint density at radius 2 is 1.94 bits per heavy atom. The van der Waals surface area contributed by atoms with Crippen LogP contribution in [0.3, 0.4) is 0 Å². The summed E-state index contributed by atoms with van der Waals surface area (Å²) in [5.41, 5.74) is 6.41. The Morgan fingerprint density at radius 1 is 1.16 bits per heavy atom. The zero-order valence-electron chi connectivity index (χ0n) is 18.5. The lowest BCUT2D eigenvalue weighted by atomic mass is 9.79. The number of aliphatic hydroxyl groups is 1. The molecule has 1 N–H and O–H groups in total. The minimum Gasteiger partial charge on any atom is -0.459 e. The van der Waals surface area contributed by atoms with Crippen LogP contribution in [0.25, 0.3) is 11.1 Å². The lowest BCUT2D eigenvalue weighted by Gasteiger charge is -2.37. The van der Waals surface area contributed by atoms with Gasteiger partial charge >= 0.3 is 0 Å². The zero-order valence-corrected chi connectivity index (χ0v) is 18.5. The topological polar surface area (TPSA) is 59.0 Å². The molecule has 1 heterocycles. The first-order valence-corrected chi connectivity index (χ1v) is 11.1. The van der Waals surface area contributed by atoms with Gasteiger partial charge in [-0.1, -0.05) is 42.5 Å². The van der Waals surface area contributed by atoms with E-state index in [1.807, 2.05) is 13.0 Å². The summed E-state index contributed by atoms with van der Waals surface area (Å²) in [5.74, 6) is 0.166. The van der Waals surface area contributed by atoms with E-state index in [2.05, 4.69) is 42.5 Å². The van der Waals surface area contributed by atoms with E-state index in [1.54, 1.807) is 14.1 Å². The van der Waals surface area contributed by atoms with Crippen LogP contribution < -0.4 is 0 Å². The number of fused-ring (bicyclic) bond motifs is 3. The SMILES string of the molecule is CCO[C@H]1OC(C(=O)N(C)C)=C[C@@H](c2ccc3c(c2)Cc2ccccc2-3)[C@@H]1CCCO. The van der Waals surface area contributed by atoms with E-state index < -0.39 is 6.29 Å². The fourth-order valence-electron chi connectivity index (χ4n) is 4.73. The quantitative estimate of drug-likeness (QED) is 0.624.